The van der Waals surface area contributed by atoms with Crippen molar-refractivity contribution >= 4 is 28.7 Å². The van der Waals surface area contributed by atoms with Gasteiger partial charge in [-0.15, -0.1) is 0 Å². The molecule has 0 spiro atoms. The summed E-state index contributed by atoms with van der Waals surface area (Å²) in [7, 11) is 1.25. The normalized spacial score (nSPS) is 16.5. The van der Waals surface area contributed by atoms with Crippen LogP contribution < -0.4 is 5.32 Å². The van der Waals surface area contributed by atoms with Gasteiger partial charge >= 0.3 is 5.97 Å². The molecule has 1 aliphatic rings. The lowest BCUT2D eigenvalue weighted by Crippen LogP contribution is -2.22. The Balaban J connectivity index is 1.80. The van der Waals surface area contributed by atoms with Crippen LogP contribution in [0.2, 0.25) is 0 Å². The van der Waals surface area contributed by atoms with E-state index in [0.717, 1.165) is 27.8 Å². The third-order valence-electron chi connectivity index (χ3n) is 7.59. The Hall–Kier alpha value is -4.07. The van der Waals surface area contributed by atoms with Crippen LogP contribution in [0.4, 0.5) is 10.1 Å². The Labute approximate surface area is 246 Å². The Bertz CT molecular complexity index is 1430. The van der Waals surface area contributed by atoms with Gasteiger partial charge in [-0.05, 0) is 77.3 Å². The van der Waals surface area contributed by atoms with Crippen LogP contribution in [0.1, 0.15) is 50.7 Å². The SMILES string of the molecule is COC(=O)C[C@H](O)C[C@H](O)CCC1C(c2ccc(F)cc2)=C(c2ccccc2)C(C(=O)Nc2ccccc2)=C1C(C)C. The van der Waals surface area contributed by atoms with Gasteiger partial charge in [-0.25, -0.2) is 4.39 Å². The van der Waals surface area contributed by atoms with Crippen LogP contribution in [-0.2, 0) is 14.3 Å². The van der Waals surface area contributed by atoms with Crippen LogP contribution in [-0.4, -0.2) is 41.4 Å². The number of para-hydroxylation sites is 1. The lowest BCUT2D eigenvalue weighted by atomic mass is 9.81. The Kier molecular flexibility index (Phi) is 10.4. The third kappa shape index (κ3) is 7.41. The van der Waals surface area contributed by atoms with Gasteiger partial charge < -0.3 is 20.3 Å². The molecule has 6 nitrogen and oxygen atoms in total. The molecule has 0 radical (unpaired) electrons. The zero-order valence-corrected chi connectivity index (χ0v) is 24.2. The molecule has 1 aliphatic carbocycles. The van der Waals surface area contributed by atoms with Crippen molar-refractivity contribution in [3.63, 3.8) is 0 Å². The molecule has 0 aromatic heterocycles. The standard InChI is InChI=1S/C35H38FNO5/c1-22(2)31-29(19-18-27(38)20-28(39)21-30(40)42-3)32(24-14-16-25(36)17-15-24)33(23-10-6-4-7-11-23)34(31)35(41)37-26-12-8-5-9-13-26/h4-17,22,27-29,38-39H,18-21H2,1-3H3,(H,37,41)/t27-,28-,29?/m1/s1. The number of nitrogens with one attached hydrogen (secondary N) is 1. The van der Waals surface area contributed by atoms with Crippen molar-refractivity contribution in [1.82, 2.24) is 0 Å². The smallest absolute Gasteiger partial charge is 0.308 e. The summed E-state index contributed by atoms with van der Waals surface area (Å²) in [6.45, 7) is 4.09. The number of rotatable bonds is 12. The zero-order valence-electron chi connectivity index (χ0n) is 24.2. The highest BCUT2D eigenvalue weighted by Crippen LogP contribution is 2.52. The van der Waals surface area contributed by atoms with Gasteiger partial charge in [0, 0.05) is 17.2 Å². The summed E-state index contributed by atoms with van der Waals surface area (Å²) >= 11 is 0. The number of anilines is 1. The molecule has 0 saturated heterocycles. The molecule has 0 saturated carbocycles. The Morgan fingerprint density at radius 3 is 2.10 bits per heavy atom. The van der Waals surface area contributed by atoms with E-state index in [1.54, 1.807) is 12.1 Å². The fourth-order valence-electron chi connectivity index (χ4n) is 5.76. The molecule has 4 rings (SSSR count). The van der Waals surface area contributed by atoms with Gasteiger partial charge in [-0.1, -0.05) is 74.5 Å². The molecule has 0 bridgehead atoms. The fourth-order valence-corrected chi connectivity index (χ4v) is 5.76. The van der Waals surface area contributed by atoms with Crippen LogP contribution in [0, 0.1) is 17.7 Å². The van der Waals surface area contributed by atoms with Crippen molar-refractivity contribution in [2.45, 2.75) is 51.7 Å². The first-order valence-corrected chi connectivity index (χ1v) is 14.3. The van der Waals surface area contributed by atoms with Gasteiger partial charge in [-0.2, -0.15) is 0 Å². The number of benzene rings is 3. The first kappa shape index (κ1) is 30.9. The minimum Gasteiger partial charge on any atom is -0.469 e. The fraction of sp³-hybridized carbons (Fsp3) is 0.314. The number of amides is 1. The molecule has 7 heteroatoms. The maximum absolute atomic E-state index is 14.1. The van der Waals surface area contributed by atoms with Gasteiger partial charge in [0.2, 0.25) is 0 Å². The molecule has 3 aromatic rings. The third-order valence-corrected chi connectivity index (χ3v) is 7.59. The van der Waals surface area contributed by atoms with E-state index in [1.165, 1.54) is 19.2 Å². The van der Waals surface area contributed by atoms with E-state index in [1.807, 2.05) is 74.5 Å². The number of hydrogen-bond donors (Lipinski definition) is 3. The molecule has 1 unspecified atom stereocenters. The molecule has 0 heterocycles. The predicted octanol–water partition coefficient (Wildman–Crippen LogP) is 6.41. The summed E-state index contributed by atoms with van der Waals surface area (Å²) in [6.07, 6.45) is -1.29. The van der Waals surface area contributed by atoms with E-state index < -0.39 is 18.2 Å². The highest BCUT2D eigenvalue weighted by molar-refractivity contribution is 6.22. The number of carbonyl (C=O) groups is 2. The summed E-state index contributed by atoms with van der Waals surface area (Å²) in [5, 5.41) is 24.2. The molecule has 1 amide bonds. The van der Waals surface area contributed by atoms with Gasteiger partial charge in [0.15, 0.2) is 0 Å². The summed E-state index contributed by atoms with van der Waals surface area (Å²) in [5.41, 5.74) is 5.52. The molecule has 3 N–H and O–H groups in total. The van der Waals surface area contributed by atoms with Gasteiger partial charge in [0.05, 0.1) is 25.7 Å². The second kappa shape index (κ2) is 14.2. The molecular formula is C35H38FNO5. The van der Waals surface area contributed by atoms with Gasteiger partial charge in [0.25, 0.3) is 5.91 Å². The van der Waals surface area contributed by atoms with Crippen LogP contribution in [0.15, 0.2) is 96.1 Å². The van der Waals surface area contributed by atoms with Crippen molar-refractivity contribution < 1.29 is 28.9 Å². The van der Waals surface area contributed by atoms with E-state index in [2.05, 4.69) is 10.1 Å². The first-order chi connectivity index (χ1) is 20.2. The lowest BCUT2D eigenvalue weighted by Gasteiger charge is -2.25. The summed E-state index contributed by atoms with van der Waals surface area (Å²) in [4.78, 5) is 25.7. The minimum atomic E-state index is -1.03. The van der Waals surface area contributed by atoms with Crippen molar-refractivity contribution in [3.8, 4) is 0 Å². The molecule has 3 aromatic carbocycles. The number of aliphatic hydroxyl groups excluding tert-OH is 2. The van der Waals surface area contributed by atoms with E-state index in [9.17, 15) is 24.2 Å². The van der Waals surface area contributed by atoms with Crippen molar-refractivity contribution in [1.29, 1.82) is 0 Å². The summed E-state index contributed by atoms with van der Waals surface area (Å²) < 4.78 is 18.7. The molecule has 42 heavy (non-hydrogen) atoms. The molecule has 0 fully saturated rings. The number of aliphatic hydroxyl groups is 2. The Morgan fingerprint density at radius 1 is 0.881 bits per heavy atom. The number of ether oxygens (including phenoxy) is 1. The van der Waals surface area contributed by atoms with E-state index in [0.29, 0.717) is 24.1 Å². The monoisotopic (exact) mass is 571 g/mol. The highest BCUT2D eigenvalue weighted by atomic mass is 19.1. The van der Waals surface area contributed by atoms with E-state index in [-0.39, 0.29) is 36.4 Å². The molecule has 3 atom stereocenters. The number of carbonyl (C=O) groups excluding carboxylic acids is 2. The molecule has 220 valence electrons. The molecular weight excluding hydrogens is 533 g/mol. The minimum absolute atomic E-state index is 0.0189. The molecule has 0 aliphatic heterocycles. The number of methoxy groups -OCH3 is 1. The topological polar surface area (TPSA) is 95.9 Å². The van der Waals surface area contributed by atoms with Crippen LogP contribution in [0.3, 0.4) is 0 Å². The lowest BCUT2D eigenvalue weighted by molar-refractivity contribution is -0.143. The quantitative estimate of drug-likeness (QED) is 0.218. The number of halogens is 1. The maximum atomic E-state index is 14.1. The van der Waals surface area contributed by atoms with Crippen LogP contribution >= 0.6 is 0 Å². The van der Waals surface area contributed by atoms with Crippen molar-refractivity contribution in [2.75, 3.05) is 12.4 Å². The average Bonchev–Trinajstić information content (AvgIpc) is 3.33. The summed E-state index contributed by atoms with van der Waals surface area (Å²) in [6, 6.07) is 25.3. The predicted molar refractivity (Wildman–Crippen MR) is 163 cm³/mol. The van der Waals surface area contributed by atoms with Gasteiger partial charge in [-0.3, -0.25) is 9.59 Å². The second-order valence-corrected chi connectivity index (χ2v) is 10.9. The van der Waals surface area contributed by atoms with Crippen LogP contribution in [0.5, 0.6) is 0 Å². The second-order valence-electron chi connectivity index (χ2n) is 10.9. The Morgan fingerprint density at radius 2 is 1.50 bits per heavy atom. The van der Waals surface area contributed by atoms with Gasteiger partial charge in [0.1, 0.15) is 5.82 Å². The van der Waals surface area contributed by atoms with Crippen molar-refractivity contribution in [2.24, 2.45) is 11.8 Å². The number of esters is 1. The first-order valence-electron chi connectivity index (χ1n) is 14.3. The van der Waals surface area contributed by atoms with E-state index >= 15 is 0 Å². The number of hydrogen-bond acceptors (Lipinski definition) is 5. The van der Waals surface area contributed by atoms with E-state index in [4.69, 9.17) is 0 Å². The zero-order chi connectivity index (χ0) is 30.2. The van der Waals surface area contributed by atoms with Crippen molar-refractivity contribution in [3.05, 3.63) is 113 Å². The van der Waals surface area contributed by atoms with Crippen LogP contribution in [0.25, 0.3) is 11.1 Å². The summed E-state index contributed by atoms with van der Waals surface area (Å²) in [5.74, 6) is -1.41. The number of allylic oxidation sites excluding steroid dienone is 2. The highest BCUT2D eigenvalue weighted by Gasteiger charge is 2.39. The maximum Gasteiger partial charge on any atom is 0.308 e. The average molecular weight is 572 g/mol. The largest absolute Gasteiger partial charge is 0.469 e.